The minimum Gasteiger partial charge on any atom is -0.319 e. The first-order valence-corrected chi connectivity index (χ1v) is 8.15. The van der Waals surface area contributed by atoms with Gasteiger partial charge in [0.25, 0.3) is 5.91 Å². The van der Waals surface area contributed by atoms with Crippen molar-refractivity contribution in [2.45, 2.75) is 20.3 Å². The molecular weight excluding hydrogens is 292 g/mol. The summed E-state index contributed by atoms with van der Waals surface area (Å²) in [4.78, 5) is 17.5. The first-order valence-electron chi connectivity index (χ1n) is 7.34. The van der Waals surface area contributed by atoms with Crippen LogP contribution in [-0.4, -0.2) is 10.5 Å². The third kappa shape index (κ3) is 2.50. The third-order valence-corrected chi connectivity index (χ3v) is 4.96. The molecule has 22 heavy (non-hydrogen) atoms. The van der Waals surface area contributed by atoms with Gasteiger partial charge in [-0.3, -0.25) is 4.79 Å². The van der Waals surface area contributed by atoms with E-state index in [0.717, 1.165) is 21.5 Å². The second-order valence-electron chi connectivity index (χ2n) is 5.29. The molecule has 2 aromatic carbocycles. The van der Waals surface area contributed by atoms with Crippen LogP contribution in [0.3, 0.4) is 0 Å². The summed E-state index contributed by atoms with van der Waals surface area (Å²) in [6.07, 6.45) is 0.965. The Labute approximate surface area is 133 Å². The molecular formula is C18H18N2OS. The van der Waals surface area contributed by atoms with Gasteiger partial charge in [-0.15, -0.1) is 0 Å². The lowest BCUT2D eigenvalue weighted by Crippen LogP contribution is -2.14. The average molecular weight is 310 g/mol. The van der Waals surface area contributed by atoms with Crippen LogP contribution in [-0.2, 0) is 13.5 Å². The molecule has 0 aliphatic carbocycles. The summed E-state index contributed by atoms with van der Waals surface area (Å²) < 4.78 is 3.19. The van der Waals surface area contributed by atoms with Crippen LogP contribution in [0, 0.1) is 6.92 Å². The van der Waals surface area contributed by atoms with Gasteiger partial charge >= 0.3 is 0 Å². The van der Waals surface area contributed by atoms with Crippen LogP contribution in [0.25, 0.3) is 10.2 Å². The Kier molecular flexibility index (Phi) is 3.94. The number of carbonyl (C=O) groups excluding carboxylic acids is 1. The van der Waals surface area contributed by atoms with E-state index in [-0.39, 0.29) is 5.91 Å². The van der Waals surface area contributed by atoms with Gasteiger partial charge in [-0.05, 0) is 36.6 Å². The molecule has 0 saturated carbocycles. The molecule has 112 valence electrons. The van der Waals surface area contributed by atoms with Crippen LogP contribution in [0.15, 0.2) is 47.5 Å². The Morgan fingerprint density at radius 1 is 1.18 bits per heavy atom. The van der Waals surface area contributed by atoms with E-state index in [9.17, 15) is 4.79 Å². The smallest absolute Gasteiger partial charge is 0.279 e. The van der Waals surface area contributed by atoms with Gasteiger partial charge in [-0.1, -0.05) is 48.6 Å². The second kappa shape index (κ2) is 5.89. The number of benzene rings is 2. The molecule has 0 saturated heterocycles. The zero-order chi connectivity index (χ0) is 15.7. The maximum absolute atomic E-state index is 12.4. The molecule has 0 unspecified atom stereocenters. The van der Waals surface area contributed by atoms with Gasteiger partial charge in [0.05, 0.1) is 10.2 Å². The van der Waals surface area contributed by atoms with Gasteiger partial charge in [-0.25, -0.2) is 0 Å². The highest BCUT2D eigenvalue weighted by atomic mass is 32.1. The molecule has 4 heteroatoms. The van der Waals surface area contributed by atoms with Crippen molar-refractivity contribution in [3.8, 4) is 0 Å². The average Bonchev–Trinajstić information content (AvgIpc) is 2.84. The minimum absolute atomic E-state index is 0.182. The number of hydrogen-bond acceptors (Lipinski definition) is 2. The highest BCUT2D eigenvalue weighted by molar-refractivity contribution is 7.16. The van der Waals surface area contributed by atoms with Crippen LogP contribution in [0.1, 0.15) is 28.4 Å². The van der Waals surface area contributed by atoms with Crippen molar-refractivity contribution in [2.75, 3.05) is 0 Å². The van der Waals surface area contributed by atoms with E-state index in [2.05, 4.69) is 30.1 Å². The molecule has 3 nitrogen and oxygen atoms in total. The third-order valence-electron chi connectivity index (χ3n) is 3.86. The summed E-state index contributed by atoms with van der Waals surface area (Å²) in [5.74, 6) is -0.182. The first kappa shape index (κ1) is 14.7. The van der Waals surface area contributed by atoms with Gasteiger partial charge in [0.2, 0.25) is 0 Å². The van der Waals surface area contributed by atoms with E-state index in [1.807, 2.05) is 42.8 Å². The fourth-order valence-corrected chi connectivity index (χ4v) is 3.70. The molecule has 3 aromatic rings. The quantitative estimate of drug-likeness (QED) is 0.708. The topological polar surface area (TPSA) is 34.4 Å². The van der Waals surface area contributed by atoms with Gasteiger partial charge in [0.1, 0.15) is 0 Å². The van der Waals surface area contributed by atoms with Crippen molar-refractivity contribution in [2.24, 2.45) is 12.0 Å². The van der Waals surface area contributed by atoms with Crippen molar-refractivity contribution in [3.05, 3.63) is 64.0 Å². The predicted molar refractivity (Wildman–Crippen MR) is 91.2 cm³/mol. The number of rotatable bonds is 2. The lowest BCUT2D eigenvalue weighted by molar-refractivity contribution is 0.0997. The maximum Gasteiger partial charge on any atom is 0.279 e. The maximum atomic E-state index is 12.4. The highest BCUT2D eigenvalue weighted by Gasteiger charge is 2.10. The van der Waals surface area contributed by atoms with E-state index in [0.29, 0.717) is 5.56 Å². The van der Waals surface area contributed by atoms with Crippen molar-refractivity contribution >= 4 is 27.5 Å². The Morgan fingerprint density at radius 3 is 2.68 bits per heavy atom. The van der Waals surface area contributed by atoms with Crippen molar-refractivity contribution in [1.29, 1.82) is 0 Å². The molecule has 3 rings (SSSR count). The molecule has 0 aliphatic heterocycles. The van der Waals surface area contributed by atoms with Crippen LogP contribution in [0.2, 0.25) is 0 Å². The van der Waals surface area contributed by atoms with E-state index in [1.165, 1.54) is 11.1 Å². The summed E-state index contributed by atoms with van der Waals surface area (Å²) in [6.45, 7) is 4.07. The standard InChI is InChI=1S/C18H18N2OS/c1-4-13-9-7-11-15-16(13)20(3)18(22-15)19-17(21)14-10-6-5-8-12(14)2/h5-11H,4H2,1-3H3. The minimum atomic E-state index is -0.182. The zero-order valence-corrected chi connectivity index (χ0v) is 13.8. The van der Waals surface area contributed by atoms with Crippen LogP contribution < -0.4 is 4.80 Å². The monoisotopic (exact) mass is 310 g/mol. The van der Waals surface area contributed by atoms with Crippen LogP contribution in [0.5, 0.6) is 0 Å². The zero-order valence-electron chi connectivity index (χ0n) is 13.0. The van der Waals surface area contributed by atoms with Gasteiger partial charge < -0.3 is 4.57 Å². The molecule has 0 spiro atoms. The molecule has 0 aliphatic rings. The molecule has 0 radical (unpaired) electrons. The van der Waals surface area contributed by atoms with Gasteiger partial charge in [0, 0.05) is 12.6 Å². The van der Waals surface area contributed by atoms with Crippen molar-refractivity contribution in [1.82, 2.24) is 4.57 Å². The summed E-state index contributed by atoms with van der Waals surface area (Å²) in [5, 5.41) is 0. The lowest BCUT2D eigenvalue weighted by atomic mass is 10.1. The Balaban J connectivity index is 2.16. The van der Waals surface area contributed by atoms with Gasteiger partial charge in [-0.2, -0.15) is 4.99 Å². The first-order chi connectivity index (χ1) is 10.6. The number of aromatic nitrogens is 1. The van der Waals surface area contributed by atoms with Crippen molar-refractivity contribution in [3.63, 3.8) is 0 Å². The summed E-state index contributed by atoms with van der Waals surface area (Å²) in [6, 6.07) is 13.8. The summed E-state index contributed by atoms with van der Waals surface area (Å²) in [5.41, 5.74) is 4.07. The van der Waals surface area contributed by atoms with E-state index >= 15 is 0 Å². The lowest BCUT2D eigenvalue weighted by Gasteiger charge is -2.02. The number of para-hydroxylation sites is 1. The fraction of sp³-hybridized carbons (Fsp3) is 0.222. The molecule has 0 atom stereocenters. The molecule has 1 amide bonds. The summed E-state index contributed by atoms with van der Waals surface area (Å²) >= 11 is 1.56. The van der Waals surface area contributed by atoms with Crippen LogP contribution >= 0.6 is 11.3 Å². The summed E-state index contributed by atoms with van der Waals surface area (Å²) in [7, 11) is 1.97. The SMILES string of the molecule is CCc1cccc2sc(=NC(=O)c3ccccc3C)n(C)c12. The second-order valence-corrected chi connectivity index (χ2v) is 6.30. The molecule has 1 heterocycles. The number of carbonyl (C=O) groups is 1. The van der Waals surface area contributed by atoms with Crippen LogP contribution in [0.4, 0.5) is 0 Å². The number of thiazole rings is 1. The highest BCUT2D eigenvalue weighted by Crippen LogP contribution is 2.21. The molecule has 0 bridgehead atoms. The molecule has 0 N–H and O–H groups in total. The number of fused-ring (bicyclic) bond motifs is 1. The van der Waals surface area contributed by atoms with Crippen molar-refractivity contribution < 1.29 is 4.79 Å². The Morgan fingerprint density at radius 2 is 1.95 bits per heavy atom. The largest absolute Gasteiger partial charge is 0.319 e. The normalized spacial score (nSPS) is 12.0. The Hall–Kier alpha value is -2.20. The predicted octanol–water partition coefficient (Wildman–Crippen LogP) is 3.85. The van der Waals surface area contributed by atoms with E-state index in [1.54, 1.807) is 11.3 Å². The number of amides is 1. The van der Waals surface area contributed by atoms with Gasteiger partial charge in [0.15, 0.2) is 4.80 Å². The number of aryl methyl sites for hydroxylation is 3. The number of hydrogen-bond donors (Lipinski definition) is 0. The molecule has 0 fully saturated rings. The fourth-order valence-electron chi connectivity index (χ4n) is 2.64. The number of nitrogens with zero attached hydrogens (tertiary/aromatic N) is 2. The molecule has 1 aromatic heterocycles. The van der Waals surface area contributed by atoms with E-state index < -0.39 is 0 Å². The Bertz CT molecular complexity index is 918. The van der Waals surface area contributed by atoms with E-state index in [4.69, 9.17) is 0 Å².